The highest BCUT2D eigenvalue weighted by atomic mass is 16.6. The summed E-state index contributed by atoms with van der Waals surface area (Å²) in [6, 6.07) is 16.3. The first-order valence-electron chi connectivity index (χ1n) is 8.94. The minimum Gasteiger partial charge on any atom is -0.445 e. The fourth-order valence-electron chi connectivity index (χ4n) is 3.26. The maximum Gasteiger partial charge on any atom is 0.407 e. The molecule has 0 spiro atoms. The fraction of sp³-hybridized carbons (Fsp3) is 0.350. The third-order valence-electron chi connectivity index (χ3n) is 4.90. The number of ether oxygens (including phenoxy) is 1. The van der Waals surface area contributed by atoms with E-state index in [4.69, 9.17) is 4.74 Å². The van der Waals surface area contributed by atoms with Crippen molar-refractivity contribution >= 4 is 17.5 Å². The molecule has 0 saturated carbocycles. The highest BCUT2D eigenvalue weighted by Crippen LogP contribution is 2.32. The molecule has 7 heteroatoms. The lowest BCUT2D eigenvalue weighted by Crippen LogP contribution is -2.53. The Hall–Kier alpha value is -3.09. The second-order valence-electron chi connectivity index (χ2n) is 6.98. The van der Waals surface area contributed by atoms with Crippen LogP contribution in [0.2, 0.25) is 0 Å². The molecule has 7 nitrogen and oxygen atoms in total. The zero-order chi connectivity index (χ0) is 19.3. The molecule has 27 heavy (non-hydrogen) atoms. The summed E-state index contributed by atoms with van der Waals surface area (Å²) >= 11 is 0. The van der Waals surface area contributed by atoms with Crippen LogP contribution >= 0.6 is 0 Å². The number of carbonyl (C=O) groups excluding carboxylic acids is 1. The Morgan fingerprint density at radius 2 is 1.78 bits per heavy atom. The van der Waals surface area contributed by atoms with Gasteiger partial charge in [-0.1, -0.05) is 42.5 Å². The molecular weight excluding hydrogens is 346 g/mol. The molecular formula is C20H23N3O4. The predicted molar refractivity (Wildman–Crippen MR) is 103 cm³/mol. The number of alkyl carbamates (subject to hydrolysis) is 1. The molecule has 1 fully saturated rings. The van der Waals surface area contributed by atoms with Gasteiger partial charge in [-0.15, -0.1) is 0 Å². The maximum absolute atomic E-state index is 12.1. The molecule has 0 bridgehead atoms. The standard InChI is InChI=1S/C20H23N3O4/c1-20(21-19(24)27-15-16-7-3-2-4-8-16)11-13-22(14-12-20)17-9-5-6-10-18(17)23(25)26/h2-10H,11-15H2,1H3,(H,21,24). The van der Waals surface area contributed by atoms with Crippen LogP contribution in [0.1, 0.15) is 25.3 Å². The van der Waals surface area contributed by atoms with Crippen LogP contribution in [0.25, 0.3) is 0 Å². The Labute approximate surface area is 158 Å². The predicted octanol–water partition coefficient (Wildman–Crippen LogP) is 3.88. The van der Waals surface area contributed by atoms with E-state index in [1.54, 1.807) is 18.2 Å². The lowest BCUT2D eigenvalue weighted by molar-refractivity contribution is -0.384. The van der Waals surface area contributed by atoms with E-state index in [2.05, 4.69) is 5.32 Å². The first kappa shape index (κ1) is 18.7. The maximum atomic E-state index is 12.1. The molecule has 3 rings (SSSR count). The molecule has 1 heterocycles. The summed E-state index contributed by atoms with van der Waals surface area (Å²) in [6.45, 7) is 3.46. The number of amides is 1. The number of nitro benzene ring substituents is 1. The Balaban J connectivity index is 1.54. The van der Waals surface area contributed by atoms with Gasteiger partial charge in [0.2, 0.25) is 0 Å². The number of rotatable bonds is 5. The van der Waals surface area contributed by atoms with Crippen molar-refractivity contribution in [3.63, 3.8) is 0 Å². The number of benzene rings is 2. The van der Waals surface area contributed by atoms with Crippen LogP contribution < -0.4 is 10.2 Å². The van der Waals surface area contributed by atoms with Crippen molar-refractivity contribution in [2.75, 3.05) is 18.0 Å². The van der Waals surface area contributed by atoms with Crippen LogP contribution in [-0.2, 0) is 11.3 Å². The molecule has 2 aromatic carbocycles. The van der Waals surface area contributed by atoms with E-state index in [9.17, 15) is 14.9 Å². The van der Waals surface area contributed by atoms with Gasteiger partial charge in [-0.2, -0.15) is 0 Å². The highest BCUT2D eigenvalue weighted by Gasteiger charge is 2.33. The highest BCUT2D eigenvalue weighted by molar-refractivity contribution is 5.68. The average molecular weight is 369 g/mol. The van der Waals surface area contributed by atoms with E-state index in [0.29, 0.717) is 31.6 Å². The molecule has 0 aliphatic carbocycles. The molecule has 0 atom stereocenters. The van der Waals surface area contributed by atoms with Gasteiger partial charge in [-0.25, -0.2) is 4.79 Å². The van der Waals surface area contributed by atoms with Gasteiger partial charge in [0, 0.05) is 24.7 Å². The van der Waals surface area contributed by atoms with E-state index in [1.165, 1.54) is 6.07 Å². The van der Waals surface area contributed by atoms with Gasteiger partial charge >= 0.3 is 6.09 Å². The van der Waals surface area contributed by atoms with Crippen LogP contribution in [0.5, 0.6) is 0 Å². The van der Waals surface area contributed by atoms with E-state index in [0.717, 1.165) is 5.56 Å². The first-order chi connectivity index (χ1) is 13.0. The van der Waals surface area contributed by atoms with Gasteiger partial charge < -0.3 is 15.0 Å². The normalized spacial score (nSPS) is 15.8. The first-order valence-corrected chi connectivity index (χ1v) is 8.94. The van der Waals surface area contributed by atoms with Gasteiger partial charge in [-0.3, -0.25) is 10.1 Å². The van der Waals surface area contributed by atoms with E-state index >= 15 is 0 Å². The number of nitrogens with one attached hydrogen (secondary N) is 1. The second kappa shape index (κ2) is 8.07. The molecule has 0 radical (unpaired) electrons. The Kier molecular flexibility index (Phi) is 5.59. The van der Waals surface area contributed by atoms with Crippen LogP contribution in [-0.4, -0.2) is 29.6 Å². The lowest BCUT2D eigenvalue weighted by atomic mass is 9.89. The number of hydrogen-bond donors (Lipinski definition) is 1. The van der Waals surface area contributed by atoms with E-state index in [1.807, 2.05) is 42.2 Å². The van der Waals surface area contributed by atoms with Crippen molar-refractivity contribution in [1.29, 1.82) is 0 Å². The molecule has 1 aliphatic heterocycles. The molecule has 1 saturated heterocycles. The van der Waals surface area contributed by atoms with Gasteiger partial charge in [0.05, 0.1) is 4.92 Å². The van der Waals surface area contributed by atoms with Crippen LogP contribution in [0, 0.1) is 10.1 Å². The van der Waals surface area contributed by atoms with Crippen molar-refractivity contribution in [2.45, 2.75) is 31.9 Å². The molecule has 0 aromatic heterocycles. The number of carbonyl (C=O) groups is 1. The minimum absolute atomic E-state index is 0.108. The summed E-state index contributed by atoms with van der Waals surface area (Å²) in [6.07, 6.45) is 0.916. The van der Waals surface area contributed by atoms with E-state index < -0.39 is 11.6 Å². The zero-order valence-electron chi connectivity index (χ0n) is 15.3. The number of piperidine rings is 1. The molecule has 142 valence electrons. The zero-order valence-corrected chi connectivity index (χ0v) is 15.3. The van der Waals surface area contributed by atoms with Crippen LogP contribution in [0.15, 0.2) is 54.6 Å². The van der Waals surface area contributed by atoms with Crippen molar-refractivity contribution in [3.05, 3.63) is 70.3 Å². The Morgan fingerprint density at radius 3 is 2.44 bits per heavy atom. The fourth-order valence-corrected chi connectivity index (χ4v) is 3.26. The number of hydrogen-bond acceptors (Lipinski definition) is 5. The van der Waals surface area contributed by atoms with Gasteiger partial charge in [0.1, 0.15) is 12.3 Å². The topological polar surface area (TPSA) is 84.7 Å². The van der Waals surface area contributed by atoms with Gasteiger partial charge in [0.25, 0.3) is 5.69 Å². The summed E-state index contributed by atoms with van der Waals surface area (Å²) in [5, 5.41) is 14.2. The summed E-state index contributed by atoms with van der Waals surface area (Å²) in [4.78, 5) is 25.0. The SMILES string of the molecule is CC1(NC(=O)OCc2ccccc2)CCN(c2ccccc2[N+](=O)[O-])CC1. The Morgan fingerprint density at radius 1 is 1.15 bits per heavy atom. The van der Waals surface area contributed by atoms with E-state index in [-0.39, 0.29) is 17.2 Å². The van der Waals surface area contributed by atoms with Gasteiger partial charge in [0.15, 0.2) is 0 Å². The van der Waals surface area contributed by atoms with Crippen molar-refractivity contribution < 1.29 is 14.5 Å². The molecule has 1 aliphatic rings. The monoisotopic (exact) mass is 369 g/mol. The molecule has 0 unspecified atom stereocenters. The molecule has 1 N–H and O–H groups in total. The lowest BCUT2D eigenvalue weighted by Gasteiger charge is -2.40. The molecule has 1 amide bonds. The average Bonchev–Trinajstić information content (AvgIpc) is 2.67. The third-order valence-corrected chi connectivity index (χ3v) is 4.90. The van der Waals surface area contributed by atoms with Crippen molar-refractivity contribution in [3.8, 4) is 0 Å². The van der Waals surface area contributed by atoms with Crippen molar-refractivity contribution in [1.82, 2.24) is 5.32 Å². The largest absolute Gasteiger partial charge is 0.445 e. The number of anilines is 1. The molecule has 2 aromatic rings. The smallest absolute Gasteiger partial charge is 0.407 e. The number of nitrogens with zero attached hydrogens (tertiary/aromatic N) is 2. The minimum atomic E-state index is -0.444. The van der Waals surface area contributed by atoms with Gasteiger partial charge in [-0.05, 0) is 31.4 Å². The summed E-state index contributed by atoms with van der Waals surface area (Å²) < 4.78 is 5.31. The summed E-state index contributed by atoms with van der Waals surface area (Å²) in [5.41, 5.74) is 1.27. The van der Waals surface area contributed by atoms with Crippen molar-refractivity contribution in [2.24, 2.45) is 0 Å². The van der Waals surface area contributed by atoms with Crippen LogP contribution in [0.4, 0.5) is 16.2 Å². The number of para-hydroxylation sites is 2. The number of nitro groups is 1. The summed E-state index contributed by atoms with van der Waals surface area (Å²) in [7, 11) is 0. The van der Waals surface area contributed by atoms with Crippen LogP contribution in [0.3, 0.4) is 0 Å². The second-order valence-corrected chi connectivity index (χ2v) is 6.98. The third kappa shape index (κ3) is 4.75. The Bertz CT molecular complexity index is 802. The summed E-state index contributed by atoms with van der Waals surface area (Å²) in [5.74, 6) is 0. The quantitative estimate of drug-likeness (QED) is 0.639.